The van der Waals surface area contributed by atoms with Crippen LogP contribution in [0.15, 0.2) is 12.1 Å². The molecule has 0 aliphatic carbocycles. The number of rotatable bonds is 2. The Hall–Kier alpha value is -1.22. The second kappa shape index (κ2) is 4.34. The average molecular weight is 222 g/mol. The zero-order valence-corrected chi connectivity index (χ0v) is 10.2. The molecule has 1 aliphatic rings. The first-order valence-electron chi connectivity index (χ1n) is 5.56. The molecule has 3 heteroatoms. The van der Waals surface area contributed by atoms with Crippen molar-refractivity contribution in [3.8, 4) is 11.5 Å². The molecule has 2 rings (SSSR count). The lowest BCUT2D eigenvalue weighted by atomic mass is 9.93. The molecular weight excluding hydrogens is 204 g/mol. The molecule has 0 spiro atoms. The van der Waals surface area contributed by atoms with Crippen molar-refractivity contribution in [1.29, 1.82) is 0 Å². The highest BCUT2D eigenvalue weighted by Gasteiger charge is 2.27. The molecule has 0 fully saturated rings. The van der Waals surface area contributed by atoms with Crippen molar-refractivity contribution in [2.24, 2.45) is 0 Å². The largest absolute Gasteiger partial charge is 0.496 e. The van der Waals surface area contributed by atoms with Gasteiger partial charge in [0.25, 0.3) is 0 Å². The lowest BCUT2D eigenvalue weighted by Gasteiger charge is -2.30. The molecule has 1 heterocycles. The molecule has 0 radical (unpaired) electrons. The molecule has 0 aromatic heterocycles. The van der Waals surface area contributed by atoms with E-state index in [1.165, 1.54) is 5.56 Å². The van der Waals surface area contributed by atoms with Gasteiger partial charge in [0, 0.05) is 17.5 Å². The third-order valence-electron chi connectivity index (χ3n) is 3.05. The topological polar surface area (TPSA) is 27.7 Å². The molecule has 0 unspecified atom stereocenters. The maximum absolute atomic E-state index is 5.82. The molecule has 1 aliphatic heterocycles. The van der Waals surface area contributed by atoms with Crippen molar-refractivity contribution in [1.82, 2.24) is 0 Å². The van der Waals surface area contributed by atoms with Crippen LogP contribution in [0.2, 0.25) is 0 Å². The second-order valence-corrected chi connectivity index (χ2v) is 4.16. The highest BCUT2D eigenvalue weighted by molar-refractivity contribution is 5.51. The molecule has 0 saturated carbocycles. The summed E-state index contributed by atoms with van der Waals surface area (Å²) < 4.78 is 16.6. The quantitative estimate of drug-likeness (QED) is 0.770. The van der Waals surface area contributed by atoms with E-state index in [9.17, 15) is 0 Å². The first-order valence-corrected chi connectivity index (χ1v) is 5.56. The summed E-state index contributed by atoms with van der Waals surface area (Å²) in [5.74, 6) is 1.81. The lowest BCUT2D eigenvalue weighted by molar-refractivity contribution is -0.00668. The van der Waals surface area contributed by atoms with E-state index in [4.69, 9.17) is 14.2 Å². The molecule has 88 valence electrons. The van der Waals surface area contributed by atoms with Gasteiger partial charge in [0.2, 0.25) is 0 Å². The molecule has 0 bridgehead atoms. The molecule has 0 amide bonds. The lowest BCUT2D eigenvalue weighted by Crippen LogP contribution is -2.23. The average Bonchev–Trinajstić information content (AvgIpc) is 2.27. The molecule has 3 nitrogen and oxygen atoms in total. The fourth-order valence-electron chi connectivity index (χ4n) is 2.40. The summed E-state index contributed by atoms with van der Waals surface area (Å²) in [4.78, 5) is 0. The fraction of sp³-hybridized carbons (Fsp3) is 0.538. The van der Waals surface area contributed by atoms with Crippen LogP contribution >= 0.6 is 0 Å². The Balaban J connectivity index is 2.56. The van der Waals surface area contributed by atoms with Crippen molar-refractivity contribution >= 4 is 0 Å². The Kier molecular flexibility index (Phi) is 3.06. The number of hydrogen-bond donors (Lipinski definition) is 0. The van der Waals surface area contributed by atoms with Gasteiger partial charge >= 0.3 is 0 Å². The van der Waals surface area contributed by atoms with Gasteiger partial charge in [-0.2, -0.15) is 0 Å². The molecule has 1 aromatic carbocycles. The minimum absolute atomic E-state index is 0.0591. The smallest absolute Gasteiger partial charge is 0.125 e. The zero-order valence-electron chi connectivity index (χ0n) is 10.2. The Labute approximate surface area is 96.3 Å². The monoisotopic (exact) mass is 222 g/mol. The van der Waals surface area contributed by atoms with Crippen LogP contribution in [0.1, 0.15) is 31.1 Å². The van der Waals surface area contributed by atoms with Crippen molar-refractivity contribution in [3.05, 3.63) is 23.3 Å². The predicted molar refractivity (Wildman–Crippen MR) is 62.2 cm³/mol. The number of benzene rings is 1. The van der Waals surface area contributed by atoms with Crippen LogP contribution < -0.4 is 9.47 Å². The van der Waals surface area contributed by atoms with Gasteiger partial charge in [0.15, 0.2) is 0 Å². The van der Waals surface area contributed by atoms with Crippen LogP contribution in [0, 0.1) is 0 Å². The molecule has 0 saturated heterocycles. The highest BCUT2D eigenvalue weighted by Crippen LogP contribution is 2.41. The van der Waals surface area contributed by atoms with Gasteiger partial charge in [-0.3, -0.25) is 0 Å². The van der Waals surface area contributed by atoms with Crippen LogP contribution in [0.5, 0.6) is 11.5 Å². The summed E-state index contributed by atoms with van der Waals surface area (Å²) in [5, 5.41) is 0. The van der Waals surface area contributed by atoms with Crippen molar-refractivity contribution in [2.45, 2.75) is 32.5 Å². The Morgan fingerprint density at radius 1 is 1.12 bits per heavy atom. The van der Waals surface area contributed by atoms with Gasteiger partial charge in [-0.1, -0.05) is 0 Å². The first-order chi connectivity index (χ1) is 7.67. The maximum atomic E-state index is 5.82. The molecule has 2 atom stereocenters. The van der Waals surface area contributed by atoms with E-state index in [2.05, 4.69) is 13.8 Å². The van der Waals surface area contributed by atoms with E-state index >= 15 is 0 Å². The predicted octanol–water partition coefficient (Wildman–Crippen LogP) is 2.73. The van der Waals surface area contributed by atoms with Gasteiger partial charge in [0.1, 0.15) is 11.5 Å². The van der Waals surface area contributed by atoms with Gasteiger partial charge in [-0.05, 0) is 26.0 Å². The van der Waals surface area contributed by atoms with Crippen LogP contribution in [0.25, 0.3) is 0 Å². The summed E-state index contributed by atoms with van der Waals surface area (Å²) in [7, 11) is 3.39. The van der Waals surface area contributed by atoms with Crippen molar-refractivity contribution in [2.75, 3.05) is 14.2 Å². The van der Waals surface area contributed by atoms with E-state index in [1.807, 2.05) is 12.1 Å². The van der Waals surface area contributed by atoms with E-state index in [-0.39, 0.29) is 12.2 Å². The molecule has 1 aromatic rings. The minimum atomic E-state index is 0.0591. The molecule has 0 N–H and O–H groups in total. The normalized spacial score (nSPS) is 23.8. The SMILES string of the molecule is COc1ccc(OC)c2c1C[C@H](C)O[C@@H]2C. The fourth-order valence-corrected chi connectivity index (χ4v) is 2.40. The van der Waals surface area contributed by atoms with Crippen LogP contribution in [-0.2, 0) is 11.2 Å². The van der Waals surface area contributed by atoms with E-state index in [1.54, 1.807) is 14.2 Å². The summed E-state index contributed by atoms with van der Waals surface area (Å²) in [6.07, 6.45) is 1.16. The summed E-state index contributed by atoms with van der Waals surface area (Å²) >= 11 is 0. The number of methoxy groups -OCH3 is 2. The zero-order chi connectivity index (χ0) is 11.7. The van der Waals surface area contributed by atoms with Crippen molar-refractivity contribution in [3.63, 3.8) is 0 Å². The first kappa shape index (κ1) is 11.3. The van der Waals surface area contributed by atoms with Crippen LogP contribution in [-0.4, -0.2) is 20.3 Å². The number of fused-ring (bicyclic) bond motifs is 1. The van der Waals surface area contributed by atoms with Gasteiger partial charge in [-0.25, -0.2) is 0 Å². The standard InChI is InChI=1S/C13H18O3/c1-8-7-10-11(14-3)5-6-12(15-4)13(10)9(2)16-8/h5-6,8-9H,7H2,1-4H3/t8-,9+/m0/s1. The summed E-state index contributed by atoms with van der Waals surface area (Å²) in [5.41, 5.74) is 2.34. The van der Waals surface area contributed by atoms with Crippen molar-refractivity contribution < 1.29 is 14.2 Å². The van der Waals surface area contributed by atoms with Gasteiger partial charge < -0.3 is 14.2 Å². The Morgan fingerprint density at radius 3 is 2.38 bits per heavy atom. The van der Waals surface area contributed by atoms with E-state index < -0.39 is 0 Å². The van der Waals surface area contributed by atoms with E-state index in [0.29, 0.717) is 0 Å². The number of ether oxygens (including phenoxy) is 3. The van der Waals surface area contributed by atoms with E-state index in [0.717, 1.165) is 23.5 Å². The Bertz CT molecular complexity index is 387. The minimum Gasteiger partial charge on any atom is -0.496 e. The van der Waals surface area contributed by atoms with Crippen LogP contribution in [0.3, 0.4) is 0 Å². The van der Waals surface area contributed by atoms with Gasteiger partial charge in [-0.15, -0.1) is 0 Å². The van der Waals surface area contributed by atoms with Crippen LogP contribution in [0.4, 0.5) is 0 Å². The number of hydrogen-bond acceptors (Lipinski definition) is 3. The maximum Gasteiger partial charge on any atom is 0.125 e. The molecular formula is C13H18O3. The summed E-state index contributed by atoms with van der Waals surface area (Å²) in [6.45, 7) is 4.13. The third kappa shape index (κ3) is 1.76. The second-order valence-electron chi connectivity index (χ2n) is 4.16. The van der Waals surface area contributed by atoms with Gasteiger partial charge in [0.05, 0.1) is 26.4 Å². The highest BCUT2D eigenvalue weighted by atomic mass is 16.5. The summed E-state index contributed by atoms with van der Waals surface area (Å²) in [6, 6.07) is 3.90. The Morgan fingerprint density at radius 2 is 1.75 bits per heavy atom. The molecule has 16 heavy (non-hydrogen) atoms. The third-order valence-corrected chi connectivity index (χ3v) is 3.05.